The largest absolute Gasteiger partial charge is 0.376 e. The van der Waals surface area contributed by atoms with Crippen molar-refractivity contribution < 1.29 is 14.3 Å². The van der Waals surface area contributed by atoms with Crippen LogP contribution < -0.4 is 10.7 Å². The predicted octanol–water partition coefficient (Wildman–Crippen LogP) is 0.493. The van der Waals surface area contributed by atoms with Crippen LogP contribution in [0.1, 0.15) is 17.7 Å². The number of amides is 2. The summed E-state index contributed by atoms with van der Waals surface area (Å²) in [7, 11) is 0. The van der Waals surface area contributed by atoms with Crippen LogP contribution in [0.25, 0.3) is 0 Å². The summed E-state index contributed by atoms with van der Waals surface area (Å²) in [5.74, 6) is -1.47. The fraction of sp³-hybridized carbons (Fsp3) is 0.417. The van der Waals surface area contributed by atoms with Crippen LogP contribution in [0.3, 0.4) is 0 Å². The van der Waals surface area contributed by atoms with Crippen molar-refractivity contribution in [2.24, 2.45) is 5.10 Å². The highest BCUT2D eigenvalue weighted by molar-refractivity contribution is 7.11. The molecule has 1 aliphatic heterocycles. The Kier molecular flexibility index (Phi) is 5.05. The van der Waals surface area contributed by atoms with Crippen molar-refractivity contribution in [3.63, 3.8) is 0 Å². The smallest absolute Gasteiger partial charge is 0.329 e. The third kappa shape index (κ3) is 4.46. The van der Waals surface area contributed by atoms with Gasteiger partial charge in [-0.15, -0.1) is 11.3 Å². The zero-order valence-electron chi connectivity index (χ0n) is 10.3. The summed E-state index contributed by atoms with van der Waals surface area (Å²) in [6.45, 7) is 1.08. The number of rotatable bonds is 4. The number of nitrogens with zero attached hydrogens (tertiary/aromatic N) is 1. The van der Waals surface area contributed by atoms with Gasteiger partial charge in [-0.2, -0.15) is 5.10 Å². The zero-order valence-corrected chi connectivity index (χ0v) is 11.1. The first-order chi connectivity index (χ1) is 9.25. The number of carbonyl (C=O) groups is 2. The van der Waals surface area contributed by atoms with E-state index in [1.165, 1.54) is 17.6 Å². The SMILES string of the molecule is O=C(NC[C@H]1CCCO1)C(=O)NN=Cc1cccs1. The predicted molar refractivity (Wildman–Crippen MR) is 72.0 cm³/mol. The van der Waals surface area contributed by atoms with Crippen LogP contribution in [0.4, 0.5) is 0 Å². The molecule has 1 aromatic heterocycles. The van der Waals surface area contributed by atoms with E-state index in [2.05, 4.69) is 15.8 Å². The molecule has 0 saturated carbocycles. The van der Waals surface area contributed by atoms with Gasteiger partial charge in [0, 0.05) is 18.0 Å². The highest BCUT2D eigenvalue weighted by atomic mass is 32.1. The molecule has 0 radical (unpaired) electrons. The van der Waals surface area contributed by atoms with Crippen LogP contribution in [0, 0.1) is 0 Å². The molecular weight excluding hydrogens is 266 g/mol. The molecule has 2 rings (SSSR count). The minimum atomic E-state index is -0.772. The second-order valence-electron chi connectivity index (χ2n) is 4.06. The summed E-state index contributed by atoms with van der Waals surface area (Å²) in [6.07, 6.45) is 3.43. The summed E-state index contributed by atoms with van der Waals surface area (Å²) in [5, 5.41) is 8.13. The molecule has 0 aromatic carbocycles. The Morgan fingerprint density at radius 2 is 2.42 bits per heavy atom. The normalized spacial score (nSPS) is 18.6. The molecule has 6 nitrogen and oxygen atoms in total. The molecule has 1 fully saturated rings. The first-order valence-electron chi connectivity index (χ1n) is 6.02. The van der Waals surface area contributed by atoms with E-state index in [9.17, 15) is 9.59 Å². The average Bonchev–Trinajstić information content (AvgIpc) is 3.08. The van der Waals surface area contributed by atoms with Crippen molar-refractivity contribution in [2.75, 3.05) is 13.2 Å². The summed E-state index contributed by atoms with van der Waals surface area (Å²) < 4.78 is 5.34. The van der Waals surface area contributed by atoms with Gasteiger partial charge in [-0.1, -0.05) is 6.07 Å². The van der Waals surface area contributed by atoms with E-state index in [1.54, 1.807) is 0 Å². The summed E-state index contributed by atoms with van der Waals surface area (Å²) in [5.41, 5.74) is 2.18. The average molecular weight is 281 g/mol. The van der Waals surface area contributed by atoms with E-state index in [-0.39, 0.29) is 6.10 Å². The Morgan fingerprint density at radius 1 is 1.53 bits per heavy atom. The Balaban J connectivity index is 1.68. The first-order valence-corrected chi connectivity index (χ1v) is 6.90. The number of nitrogens with one attached hydrogen (secondary N) is 2. The fourth-order valence-electron chi connectivity index (χ4n) is 1.66. The molecule has 2 amide bonds. The maximum Gasteiger partial charge on any atom is 0.329 e. The van der Waals surface area contributed by atoms with Crippen molar-refractivity contribution in [2.45, 2.75) is 18.9 Å². The molecule has 2 heterocycles. The monoisotopic (exact) mass is 281 g/mol. The maximum atomic E-state index is 11.4. The first kappa shape index (κ1) is 13.7. The lowest BCUT2D eigenvalue weighted by atomic mass is 10.2. The highest BCUT2D eigenvalue weighted by Gasteiger charge is 2.18. The van der Waals surface area contributed by atoms with E-state index < -0.39 is 11.8 Å². The minimum absolute atomic E-state index is 0.0198. The van der Waals surface area contributed by atoms with Crippen molar-refractivity contribution in [3.05, 3.63) is 22.4 Å². The molecule has 0 unspecified atom stereocenters. The number of hydrogen-bond acceptors (Lipinski definition) is 5. The molecule has 7 heteroatoms. The van der Waals surface area contributed by atoms with Gasteiger partial charge in [0.2, 0.25) is 0 Å². The molecule has 1 saturated heterocycles. The minimum Gasteiger partial charge on any atom is -0.376 e. The molecule has 1 aromatic rings. The lowest BCUT2D eigenvalue weighted by molar-refractivity contribution is -0.139. The number of hydrazone groups is 1. The van der Waals surface area contributed by atoms with Gasteiger partial charge >= 0.3 is 11.8 Å². The topological polar surface area (TPSA) is 79.8 Å². The number of ether oxygens (including phenoxy) is 1. The van der Waals surface area contributed by atoms with E-state index in [4.69, 9.17) is 4.74 Å². The third-order valence-electron chi connectivity index (χ3n) is 2.62. The van der Waals surface area contributed by atoms with Crippen LogP contribution in [0.5, 0.6) is 0 Å². The van der Waals surface area contributed by atoms with Crippen molar-refractivity contribution in [1.29, 1.82) is 0 Å². The van der Waals surface area contributed by atoms with Crippen molar-refractivity contribution in [1.82, 2.24) is 10.7 Å². The molecule has 19 heavy (non-hydrogen) atoms. The van der Waals surface area contributed by atoms with Crippen molar-refractivity contribution in [3.8, 4) is 0 Å². The van der Waals surface area contributed by atoms with Gasteiger partial charge in [0.05, 0.1) is 12.3 Å². The van der Waals surface area contributed by atoms with Gasteiger partial charge in [0.15, 0.2) is 0 Å². The Bertz CT molecular complexity index is 453. The van der Waals surface area contributed by atoms with Crippen LogP contribution in [0.2, 0.25) is 0 Å². The van der Waals surface area contributed by atoms with Crippen LogP contribution in [-0.2, 0) is 14.3 Å². The lowest BCUT2D eigenvalue weighted by Gasteiger charge is -2.09. The number of carbonyl (C=O) groups excluding carboxylic acids is 2. The molecule has 0 bridgehead atoms. The van der Waals surface area contributed by atoms with E-state index in [0.29, 0.717) is 6.54 Å². The van der Waals surface area contributed by atoms with Gasteiger partial charge < -0.3 is 10.1 Å². The standard InChI is InChI=1S/C12H15N3O3S/c16-11(13-7-9-3-1-5-18-9)12(17)15-14-8-10-4-2-6-19-10/h2,4,6,8-9H,1,3,5,7H2,(H,13,16)(H,15,17)/t9-/m1/s1. The van der Waals surface area contributed by atoms with Crippen LogP contribution in [-0.4, -0.2) is 37.3 Å². The maximum absolute atomic E-state index is 11.4. The molecule has 1 aliphatic rings. The second kappa shape index (κ2) is 7.01. The third-order valence-corrected chi connectivity index (χ3v) is 3.43. The van der Waals surface area contributed by atoms with E-state index >= 15 is 0 Å². The van der Waals surface area contributed by atoms with Gasteiger partial charge in [-0.3, -0.25) is 9.59 Å². The molecule has 2 N–H and O–H groups in total. The van der Waals surface area contributed by atoms with E-state index in [0.717, 1.165) is 24.3 Å². The Hall–Kier alpha value is -1.73. The van der Waals surface area contributed by atoms with E-state index in [1.807, 2.05) is 17.5 Å². The summed E-state index contributed by atoms with van der Waals surface area (Å²) in [4.78, 5) is 23.7. The molecule has 0 aliphatic carbocycles. The van der Waals surface area contributed by atoms with Gasteiger partial charge in [0.25, 0.3) is 0 Å². The second-order valence-corrected chi connectivity index (χ2v) is 5.04. The summed E-state index contributed by atoms with van der Waals surface area (Å²) >= 11 is 1.49. The molecule has 1 atom stereocenters. The summed E-state index contributed by atoms with van der Waals surface area (Å²) in [6, 6.07) is 3.74. The zero-order chi connectivity index (χ0) is 13.5. The van der Waals surface area contributed by atoms with Crippen LogP contribution >= 0.6 is 11.3 Å². The molecular formula is C12H15N3O3S. The molecule has 102 valence electrons. The lowest BCUT2D eigenvalue weighted by Crippen LogP contribution is -2.41. The molecule has 0 spiro atoms. The van der Waals surface area contributed by atoms with Crippen LogP contribution in [0.15, 0.2) is 22.6 Å². The van der Waals surface area contributed by atoms with Gasteiger partial charge in [-0.25, -0.2) is 5.43 Å². The number of hydrogen-bond donors (Lipinski definition) is 2. The van der Waals surface area contributed by atoms with Crippen molar-refractivity contribution >= 4 is 29.4 Å². The number of thiophene rings is 1. The quantitative estimate of drug-likeness (QED) is 0.479. The highest BCUT2D eigenvalue weighted by Crippen LogP contribution is 2.10. The Labute approximate surface area is 114 Å². The fourth-order valence-corrected chi connectivity index (χ4v) is 2.25. The Morgan fingerprint density at radius 3 is 3.11 bits per heavy atom. The van der Waals surface area contributed by atoms with Gasteiger partial charge in [-0.05, 0) is 24.3 Å². The van der Waals surface area contributed by atoms with Gasteiger partial charge in [0.1, 0.15) is 0 Å².